The Morgan fingerprint density at radius 1 is 1.24 bits per heavy atom. The summed E-state index contributed by atoms with van der Waals surface area (Å²) in [4.78, 5) is 13.4. The standard InChI is InChI=1S/C13H19N3O/c14-12-3-1-10(2-4-12)9-16-7-5-11(6-8-16)13(15)17/h1-4,11H,5-9,14H2,(H2,15,17). The van der Waals surface area contributed by atoms with Crippen molar-refractivity contribution < 1.29 is 4.79 Å². The fourth-order valence-electron chi connectivity index (χ4n) is 2.26. The van der Waals surface area contributed by atoms with Gasteiger partial charge in [-0.2, -0.15) is 0 Å². The Kier molecular flexibility index (Phi) is 3.64. The van der Waals surface area contributed by atoms with Crippen LogP contribution in [0.5, 0.6) is 0 Å². The molecule has 1 aliphatic heterocycles. The van der Waals surface area contributed by atoms with Crippen molar-refractivity contribution in [2.24, 2.45) is 11.7 Å². The van der Waals surface area contributed by atoms with Crippen LogP contribution in [0.15, 0.2) is 24.3 Å². The number of primary amides is 1. The molecule has 92 valence electrons. The summed E-state index contributed by atoms with van der Waals surface area (Å²) in [6.45, 7) is 2.81. The van der Waals surface area contributed by atoms with Gasteiger partial charge >= 0.3 is 0 Å². The zero-order valence-electron chi connectivity index (χ0n) is 9.93. The van der Waals surface area contributed by atoms with Crippen LogP contribution in [0.3, 0.4) is 0 Å². The summed E-state index contributed by atoms with van der Waals surface area (Å²) in [6, 6.07) is 7.95. The van der Waals surface area contributed by atoms with Crippen molar-refractivity contribution in [3.63, 3.8) is 0 Å². The summed E-state index contributed by atoms with van der Waals surface area (Å²) in [5.74, 6) is -0.0881. The van der Waals surface area contributed by atoms with E-state index in [1.807, 2.05) is 12.1 Å². The van der Waals surface area contributed by atoms with Crippen LogP contribution in [0.1, 0.15) is 18.4 Å². The summed E-state index contributed by atoms with van der Waals surface area (Å²) in [5.41, 5.74) is 13.0. The molecule has 4 N–H and O–H groups in total. The number of hydrogen-bond acceptors (Lipinski definition) is 3. The van der Waals surface area contributed by atoms with Gasteiger partial charge in [0.15, 0.2) is 0 Å². The summed E-state index contributed by atoms with van der Waals surface area (Å²) >= 11 is 0. The fourth-order valence-corrected chi connectivity index (χ4v) is 2.26. The van der Waals surface area contributed by atoms with E-state index >= 15 is 0 Å². The van der Waals surface area contributed by atoms with E-state index in [4.69, 9.17) is 11.5 Å². The van der Waals surface area contributed by atoms with E-state index in [9.17, 15) is 4.79 Å². The molecule has 0 unspecified atom stereocenters. The second-order valence-electron chi connectivity index (χ2n) is 4.69. The van der Waals surface area contributed by atoms with Crippen molar-refractivity contribution in [2.45, 2.75) is 19.4 Å². The van der Waals surface area contributed by atoms with Crippen molar-refractivity contribution in [2.75, 3.05) is 18.8 Å². The smallest absolute Gasteiger partial charge is 0.220 e. The summed E-state index contributed by atoms with van der Waals surface area (Å²) < 4.78 is 0. The first-order valence-electron chi connectivity index (χ1n) is 6.01. The van der Waals surface area contributed by atoms with E-state index in [0.29, 0.717) is 0 Å². The van der Waals surface area contributed by atoms with Gasteiger partial charge in [-0.1, -0.05) is 12.1 Å². The van der Waals surface area contributed by atoms with Crippen molar-refractivity contribution in [3.05, 3.63) is 29.8 Å². The van der Waals surface area contributed by atoms with Crippen LogP contribution in [-0.2, 0) is 11.3 Å². The number of nitrogens with two attached hydrogens (primary N) is 2. The lowest BCUT2D eigenvalue weighted by Gasteiger charge is -2.30. The molecule has 1 aliphatic rings. The normalized spacial score (nSPS) is 18.1. The van der Waals surface area contributed by atoms with Gasteiger partial charge in [0.25, 0.3) is 0 Å². The van der Waals surface area contributed by atoms with Crippen LogP contribution in [-0.4, -0.2) is 23.9 Å². The van der Waals surface area contributed by atoms with Gasteiger partial charge in [0, 0.05) is 18.2 Å². The summed E-state index contributed by atoms with van der Waals surface area (Å²) in [6.07, 6.45) is 1.76. The quantitative estimate of drug-likeness (QED) is 0.764. The average Bonchev–Trinajstić information content (AvgIpc) is 2.33. The van der Waals surface area contributed by atoms with E-state index in [1.54, 1.807) is 0 Å². The molecular formula is C13H19N3O. The number of piperidine rings is 1. The lowest BCUT2D eigenvalue weighted by atomic mass is 9.96. The molecule has 0 saturated carbocycles. The lowest BCUT2D eigenvalue weighted by Crippen LogP contribution is -2.38. The van der Waals surface area contributed by atoms with Crippen molar-refractivity contribution >= 4 is 11.6 Å². The minimum absolute atomic E-state index is 0.0673. The number of nitrogens with zero attached hydrogens (tertiary/aromatic N) is 1. The zero-order valence-corrected chi connectivity index (χ0v) is 9.93. The summed E-state index contributed by atoms with van der Waals surface area (Å²) in [5, 5.41) is 0. The number of rotatable bonds is 3. The lowest BCUT2D eigenvalue weighted by molar-refractivity contribution is -0.123. The third-order valence-corrected chi connectivity index (χ3v) is 3.38. The molecule has 0 spiro atoms. The highest BCUT2D eigenvalue weighted by Gasteiger charge is 2.22. The first-order chi connectivity index (χ1) is 8.15. The Morgan fingerprint density at radius 2 is 1.82 bits per heavy atom. The number of benzene rings is 1. The topological polar surface area (TPSA) is 72.4 Å². The molecule has 1 heterocycles. The van der Waals surface area contributed by atoms with E-state index in [0.717, 1.165) is 38.2 Å². The van der Waals surface area contributed by atoms with Crippen LogP contribution < -0.4 is 11.5 Å². The number of hydrogen-bond donors (Lipinski definition) is 2. The van der Waals surface area contributed by atoms with Gasteiger partial charge < -0.3 is 11.5 Å². The van der Waals surface area contributed by atoms with E-state index in [1.165, 1.54) is 5.56 Å². The molecular weight excluding hydrogens is 214 g/mol. The Labute approximate surface area is 102 Å². The maximum Gasteiger partial charge on any atom is 0.220 e. The average molecular weight is 233 g/mol. The number of likely N-dealkylation sites (tertiary alicyclic amines) is 1. The molecule has 4 heteroatoms. The molecule has 2 rings (SSSR count). The highest BCUT2D eigenvalue weighted by molar-refractivity contribution is 5.76. The molecule has 0 radical (unpaired) electrons. The Hall–Kier alpha value is -1.55. The largest absolute Gasteiger partial charge is 0.399 e. The highest BCUT2D eigenvalue weighted by Crippen LogP contribution is 2.18. The molecule has 0 aliphatic carbocycles. The number of carbonyl (C=O) groups excluding carboxylic acids is 1. The Morgan fingerprint density at radius 3 is 2.35 bits per heavy atom. The van der Waals surface area contributed by atoms with Gasteiger partial charge in [-0.05, 0) is 43.6 Å². The van der Waals surface area contributed by atoms with Crippen LogP contribution in [0.25, 0.3) is 0 Å². The number of anilines is 1. The maximum absolute atomic E-state index is 11.0. The number of amides is 1. The molecule has 0 bridgehead atoms. The highest BCUT2D eigenvalue weighted by atomic mass is 16.1. The van der Waals surface area contributed by atoms with Gasteiger partial charge in [0.05, 0.1) is 0 Å². The second-order valence-corrected chi connectivity index (χ2v) is 4.69. The third kappa shape index (κ3) is 3.20. The maximum atomic E-state index is 11.0. The molecule has 4 nitrogen and oxygen atoms in total. The molecule has 1 aromatic rings. The predicted molar refractivity (Wildman–Crippen MR) is 68.0 cm³/mol. The Balaban J connectivity index is 1.85. The van der Waals surface area contributed by atoms with Crippen LogP contribution in [0.2, 0.25) is 0 Å². The van der Waals surface area contributed by atoms with Crippen molar-refractivity contribution in [3.8, 4) is 0 Å². The number of nitrogen functional groups attached to an aromatic ring is 1. The summed E-state index contributed by atoms with van der Waals surface area (Å²) in [7, 11) is 0. The van der Waals surface area contributed by atoms with Gasteiger partial charge in [-0.25, -0.2) is 0 Å². The SMILES string of the molecule is NC(=O)C1CCN(Cc2ccc(N)cc2)CC1. The molecule has 0 aromatic heterocycles. The molecule has 1 amide bonds. The molecule has 0 atom stereocenters. The van der Waals surface area contributed by atoms with Gasteiger partial charge in [0.1, 0.15) is 0 Å². The van der Waals surface area contributed by atoms with Gasteiger partial charge in [-0.3, -0.25) is 9.69 Å². The van der Waals surface area contributed by atoms with Crippen LogP contribution in [0, 0.1) is 5.92 Å². The van der Waals surface area contributed by atoms with Crippen molar-refractivity contribution in [1.29, 1.82) is 0 Å². The van der Waals surface area contributed by atoms with E-state index in [2.05, 4.69) is 17.0 Å². The van der Waals surface area contributed by atoms with E-state index < -0.39 is 0 Å². The van der Waals surface area contributed by atoms with Crippen LogP contribution >= 0.6 is 0 Å². The zero-order chi connectivity index (χ0) is 12.3. The predicted octanol–water partition coefficient (Wildman–Crippen LogP) is 0.966. The fraction of sp³-hybridized carbons (Fsp3) is 0.462. The third-order valence-electron chi connectivity index (χ3n) is 3.38. The minimum atomic E-state index is -0.155. The van der Waals surface area contributed by atoms with E-state index in [-0.39, 0.29) is 11.8 Å². The van der Waals surface area contributed by atoms with Crippen molar-refractivity contribution in [1.82, 2.24) is 4.90 Å². The Bertz CT molecular complexity index is 380. The minimum Gasteiger partial charge on any atom is -0.399 e. The molecule has 1 saturated heterocycles. The monoisotopic (exact) mass is 233 g/mol. The first-order valence-corrected chi connectivity index (χ1v) is 6.01. The number of carbonyl (C=O) groups is 1. The van der Waals surface area contributed by atoms with Gasteiger partial charge in [0.2, 0.25) is 5.91 Å². The first kappa shape index (κ1) is 11.9. The molecule has 1 aromatic carbocycles. The van der Waals surface area contributed by atoms with Crippen LogP contribution in [0.4, 0.5) is 5.69 Å². The second kappa shape index (κ2) is 5.19. The molecule has 17 heavy (non-hydrogen) atoms. The molecule has 1 fully saturated rings. The van der Waals surface area contributed by atoms with Gasteiger partial charge in [-0.15, -0.1) is 0 Å².